The molecule has 9 nitrogen and oxygen atoms in total. The van der Waals surface area contributed by atoms with Gasteiger partial charge in [0.1, 0.15) is 11.6 Å². The molecule has 0 bridgehead atoms. The van der Waals surface area contributed by atoms with E-state index in [-0.39, 0.29) is 24.3 Å². The number of piperidine rings is 3. The third-order valence-electron chi connectivity index (χ3n) is 8.11. The van der Waals surface area contributed by atoms with E-state index >= 15 is 0 Å². The van der Waals surface area contributed by atoms with Crippen LogP contribution < -0.4 is 5.32 Å². The highest BCUT2D eigenvalue weighted by Crippen LogP contribution is 2.29. The number of benzene rings is 1. The van der Waals surface area contributed by atoms with E-state index in [1.165, 1.54) is 0 Å². The minimum Gasteiger partial charge on any atom is -0.444 e. The van der Waals surface area contributed by atoms with E-state index in [2.05, 4.69) is 22.1 Å². The second kappa shape index (κ2) is 11.0. The molecule has 4 aliphatic heterocycles. The molecule has 4 amide bonds. The fourth-order valence-corrected chi connectivity index (χ4v) is 5.99. The molecular formula is C30H38N4O5. The molecule has 39 heavy (non-hydrogen) atoms. The van der Waals surface area contributed by atoms with Crippen molar-refractivity contribution in [2.75, 3.05) is 26.2 Å². The van der Waals surface area contributed by atoms with E-state index in [0.717, 1.165) is 63.0 Å². The lowest BCUT2D eigenvalue weighted by atomic mass is 9.93. The van der Waals surface area contributed by atoms with Gasteiger partial charge in [0, 0.05) is 49.1 Å². The third kappa shape index (κ3) is 6.27. The average Bonchev–Trinajstić information content (AvgIpc) is 3.22. The molecule has 4 aliphatic rings. The van der Waals surface area contributed by atoms with Gasteiger partial charge in [-0.3, -0.25) is 19.7 Å². The van der Waals surface area contributed by atoms with Crippen LogP contribution in [-0.4, -0.2) is 82.4 Å². The van der Waals surface area contributed by atoms with E-state index in [1.54, 1.807) is 11.0 Å². The molecule has 1 aromatic rings. The van der Waals surface area contributed by atoms with Crippen LogP contribution in [-0.2, 0) is 20.9 Å². The van der Waals surface area contributed by atoms with E-state index in [9.17, 15) is 19.2 Å². The summed E-state index contributed by atoms with van der Waals surface area (Å²) in [4.78, 5) is 54.9. The second-order valence-electron chi connectivity index (χ2n) is 12.1. The van der Waals surface area contributed by atoms with Crippen molar-refractivity contribution in [3.05, 3.63) is 34.9 Å². The fourth-order valence-electron chi connectivity index (χ4n) is 5.99. The highest BCUT2D eigenvalue weighted by atomic mass is 16.6. The number of rotatable bonds is 2. The summed E-state index contributed by atoms with van der Waals surface area (Å²) in [6.45, 7) is 9.55. The van der Waals surface area contributed by atoms with Crippen molar-refractivity contribution in [3.8, 4) is 11.8 Å². The molecule has 0 spiro atoms. The zero-order valence-corrected chi connectivity index (χ0v) is 23.1. The van der Waals surface area contributed by atoms with Crippen molar-refractivity contribution in [3.63, 3.8) is 0 Å². The van der Waals surface area contributed by atoms with E-state index in [0.29, 0.717) is 30.5 Å². The predicted molar refractivity (Wildman–Crippen MR) is 144 cm³/mol. The summed E-state index contributed by atoms with van der Waals surface area (Å²) in [6, 6.07) is 5.54. The molecule has 1 atom stereocenters. The monoisotopic (exact) mass is 534 g/mol. The van der Waals surface area contributed by atoms with Crippen molar-refractivity contribution < 1.29 is 23.9 Å². The number of carbonyl (C=O) groups is 4. The highest BCUT2D eigenvalue weighted by Gasteiger charge is 2.39. The maximum atomic E-state index is 12.9. The van der Waals surface area contributed by atoms with E-state index < -0.39 is 17.6 Å². The van der Waals surface area contributed by atoms with Crippen molar-refractivity contribution in [2.45, 2.75) is 83.5 Å². The Morgan fingerprint density at radius 2 is 1.72 bits per heavy atom. The number of hydrogen-bond donors (Lipinski definition) is 1. The van der Waals surface area contributed by atoms with Gasteiger partial charge >= 0.3 is 6.09 Å². The number of fused-ring (bicyclic) bond motifs is 1. The van der Waals surface area contributed by atoms with Gasteiger partial charge in [0.15, 0.2) is 0 Å². The van der Waals surface area contributed by atoms with Crippen molar-refractivity contribution in [1.82, 2.24) is 20.0 Å². The first-order valence-electron chi connectivity index (χ1n) is 14.1. The number of likely N-dealkylation sites (tertiary alicyclic amines) is 2. The molecule has 1 aromatic carbocycles. The van der Waals surface area contributed by atoms with Gasteiger partial charge in [-0.1, -0.05) is 11.8 Å². The third-order valence-corrected chi connectivity index (χ3v) is 8.11. The molecule has 0 radical (unpaired) electrons. The van der Waals surface area contributed by atoms with Crippen LogP contribution in [0.2, 0.25) is 0 Å². The first-order valence-corrected chi connectivity index (χ1v) is 14.1. The van der Waals surface area contributed by atoms with Gasteiger partial charge in [0.05, 0.1) is 0 Å². The molecule has 3 fully saturated rings. The maximum Gasteiger partial charge on any atom is 0.410 e. The number of nitrogens with zero attached hydrogens (tertiary/aromatic N) is 3. The van der Waals surface area contributed by atoms with Crippen molar-refractivity contribution in [2.24, 2.45) is 5.92 Å². The summed E-state index contributed by atoms with van der Waals surface area (Å²) in [7, 11) is 0. The largest absolute Gasteiger partial charge is 0.444 e. The van der Waals surface area contributed by atoms with Gasteiger partial charge in [-0.05, 0) is 89.7 Å². The first-order chi connectivity index (χ1) is 18.6. The molecule has 9 heteroatoms. The molecule has 3 saturated heterocycles. The Kier molecular flexibility index (Phi) is 7.68. The molecule has 208 valence electrons. The van der Waals surface area contributed by atoms with Crippen LogP contribution in [0.5, 0.6) is 0 Å². The number of hydrogen-bond acceptors (Lipinski definition) is 6. The van der Waals surface area contributed by atoms with Gasteiger partial charge in [-0.15, -0.1) is 0 Å². The number of amides is 4. The number of carbonyl (C=O) groups excluding carboxylic acids is 4. The Balaban J connectivity index is 1.11. The molecule has 1 unspecified atom stereocenters. The minimum atomic E-state index is -0.605. The van der Waals surface area contributed by atoms with Crippen LogP contribution in [0.15, 0.2) is 18.2 Å². The highest BCUT2D eigenvalue weighted by molar-refractivity contribution is 6.05. The summed E-state index contributed by atoms with van der Waals surface area (Å²) >= 11 is 0. The lowest BCUT2D eigenvalue weighted by Gasteiger charge is -2.41. The van der Waals surface area contributed by atoms with Crippen LogP contribution in [0.4, 0.5) is 4.79 Å². The van der Waals surface area contributed by atoms with Crippen LogP contribution in [0.3, 0.4) is 0 Å². The van der Waals surface area contributed by atoms with Crippen molar-refractivity contribution >= 4 is 23.8 Å². The molecule has 0 aromatic heterocycles. The summed E-state index contributed by atoms with van der Waals surface area (Å²) in [5.41, 5.74) is 1.90. The van der Waals surface area contributed by atoms with Gasteiger partial charge in [-0.2, -0.15) is 0 Å². The zero-order chi connectivity index (χ0) is 27.7. The second-order valence-corrected chi connectivity index (χ2v) is 12.1. The Labute approximate surface area is 230 Å². The Hall–Kier alpha value is -3.38. The zero-order valence-electron chi connectivity index (χ0n) is 23.1. The van der Waals surface area contributed by atoms with Crippen LogP contribution in [0.25, 0.3) is 0 Å². The maximum absolute atomic E-state index is 12.9. The van der Waals surface area contributed by atoms with Gasteiger partial charge in [-0.25, -0.2) is 4.79 Å². The molecule has 0 aliphatic carbocycles. The van der Waals surface area contributed by atoms with Gasteiger partial charge in [0.2, 0.25) is 11.8 Å². The minimum absolute atomic E-state index is 0.164. The molecular weight excluding hydrogens is 496 g/mol. The standard InChI is InChI=1S/C30H38N4O5/c1-30(2,3)39-29(38)33-16-12-23(13-17-33)32-14-10-20(11-15-32)4-5-21-6-7-24-22(18-21)19-34(28(24)37)25-8-9-26(35)31-27(25)36/h6-7,18,20,23,25H,8-17,19H2,1-3H3,(H,31,35,36). The SMILES string of the molecule is CC(C)(C)OC(=O)N1CCC(N2CCC(C#Cc3ccc4c(c3)CN(C3CCC(=O)NC3=O)C4=O)CC2)CC1. The van der Waals surface area contributed by atoms with Gasteiger partial charge < -0.3 is 19.4 Å². The molecule has 1 N–H and O–H groups in total. The quantitative estimate of drug-likeness (QED) is 0.463. The Morgan fingerprint density at radius 3 is 2.38 bits per heavy atom. The summed E-state index contributed by atoms with van der Waals surface area (Å²) in [5.74, 6) is 6.25. The summed E-state index contributed by atoms with van der Waals surface area (Å²) < 4.78 is 5.52. The summed E-state index contributed by atoms with van der Waals surface area (Å²) in [5, 5.41) is 2.34. The van der Waals surface area contributed by atoms with Crippen molar-refractivity contribution in [1.29, 1.82) is 0 Å². The lowest BCUT2D eigenvalue weighted by molar-refractivity contribution is -0.136. The topological polar surface area (TPSA) is 99.3 Å². The van der Waals surface area contributed by atoms with E-state index in [1.807, 2.05) is 37.8 Å². The molecule has 5 rings (SSSR count). The first kappa shape index (κ1) is 27.2. The average molecular weight is 535 g/mol. The fraction of sp³-hybridized carbons (Fsp3) is 0.600. The van der Waals surface area contributed by atoms with Gasteiger partial charge in [0.25, 0.3) is 5.91 Å². The molecule has 0 saturated carbocycles. The Bertz CT molecular complexity index is 1210. The normalized spacial score (nSPS) is 23.3. The smallest absolute Gasteiger partial charge is 0.410 e. The number of ether oxygens (including phenoxy) is 1. The van der Waals surface area contributed by atoms with Crippen LogP contribution in [0, 0.1) is 17.8 Å². The lowest BCUT2D eigenvalue weighted by Crippen LogP contribution is -2.52. The van der Waals surface area contributed by atoms with Crippen LogP contribution >= 0.6 is 0 Å². The molecule has 4 heterocycles. The van der Waals surface area contributed by atoms with Crippen LogP contribution in [0.1, 0.15) is 80.8 Å². The number of nitrogens with one attached hydrogen (secondary N) is 1. The number of imide groups is 1. The predicted octanol–water partition coefficient (Wildman–Crippen LogP) is 2.91. The Morgan fingerprint density at radius 1 is 1.00 bits per heavy atom. The summed E-state index contributed by atoms with van der Waals surface area (Å²) in [6.07, 6.45) is 4.38. The van der Waals surface area contributed by atoms with E-state index in [4.69, 9.17) is 4.74 Å².